The highest BCUT2D eigenvalue weighted by Gasteiger charge is 2.52. The molecule has 22 heavy (non-hydrogen) atoms. The van der Waals surface area contributed by atoms with Crippen LogP contribution < -0.4 is 0 Å². The van der Waals surface area contributed by atoms with Gasteiger partial charge in [-0.2, -0.15) is 0 Å². The summed E-state index contributed by atoms with van der Waals surface area (Å²) in [6.07, 6.45) is 1.36. The molecule has 0 radical (unpaired) electrons. The van der Waals surface area contributed by atoms with Crippen molar-refractivity contribution in [1.29, 1.82) is 0 Å². The number of thiophene rings is 1. The number of likely N-dealkylation sites (tertiary alicyclic amines) is 1. The zero-order valence-electron chi connectivity index (χ0n) is 12.9. The van der Waals surface area contributed by atoms with Crippen molar-refractivity contribution in [2.24, 2.45) is 11.3 Å². The summed E-state index contributed by atoms with van der Waals surface area (Å²) in [7, 11) is 1.51. The lowest BCUT2D eigenvalue weighted by atomic mass is 9.88. The van der Waals surface area contributed by atoms with E-state index in [9.17, 15) is 14.7 Å². The third-order valence-electron chi connectivity index (χ3n) is 4.89. The molecule has 3 atom stereocenters. The summed E-state index contributed by atoms with van der Waals surface area (Å²) in [6.45, 7) is 3.02. The van der Waals surface area contributed by atoms with Gasteiger partial charge in [0.2, 0.25) is 5.91 Å². The number of methoxy groups -OCH3 is 1. The summed E-state index contributed by atoms with van der Waals surface area (Å²) in [5.74, 6) is -0.401. The van der Waals surface area contributed by atoms with Crippen LogP contribution in [0.1, 0.15) is 29.2 Å². The number of amides is 1. The molecular weight excluding hydrogens is 302 g/mol. The smallest absolute Gasteiger partial charge is 0.313 e. The van der Waals surface area contributed by atoms with Crippen LogP contribution in [0.5, 0.6) is 0 Å². The van der Waals surface area contributed by atoms with Crippen molar-refractivity contribution in [3.63, 3.8) is 0 Å². The summed E-state index contributed by atoms with van der Waals surface area (Å²) in [5, 5.41) is 11.5. The number of hydrogen-bond acceptors (Lipinski definition) is 4. The Morgan fingerprint density at radius 2 is 2.32 bits per heavy atom. The molecule has 1 saturated carbocycles. The van der Waals surface area contributed by atoms with Crippen LogP contribution in [-0.4, -0.2) is 48.7 Å². The normalized spacial score (nSPS) is 30.5. The van der Waals surface area contributed by atoms with Crippen molar-refractivity contribution in [2.75, 3.05) is 26.8 Å². The molecule has 1 aliphatic carbocycles. The molecule has 3 rings (SSSR count). The van der Waals surface area contributed by atoms with E-state index in [2.05, 4.69) is 18.4 Å². The van der Waals surface area contributed by atoms with Gasteiger partial charge in [-0.1, -0.05) is 0 Å². The van der Waals surface area contributed by atoms with Crippen molar-refractivity contribution < 1.29 is 19.4 Å². The molecule has 2 fully saturated rings. The van der Waals surface area contributed by atoms with E-state index in [1.165, 1.54) is 17.6 Å². The quantitative estimate of drug-likeness (QED) is 0.901. The number of carboxylic acid groups (broad SMARTS) is 1. The Morgan fingerprint density at radius 1 is 1.55 bits per heavy atom. The number of carbonyl (C=O) groups excluding carboxylic acids is 1. The molecule has 2 heterocycles. The Hall–Kier alpha value is -1.40. The van der Waals surface area contributed by atoms with Gasteiger partial charge in [0.15, 0.2) is 0 Å². The van der Waals surface area contributed by atoms with E-state index in [0.29, 0.717) is 18.9 Å². The van der Waals surface area contributed by atoms with Crippen LogP contribution in [0, 0.1) is 18.3 Å². The molecule has 3 unspecified atom stereocenters. The van der Waals surface area contributed by atoms with Gasteiger partial charge in [0, 0.05) is 36.9 Å². The molecule has 6 heteroatoms. The second-order valence-corrected chi connectivity index (χ2v) is 7.39. The molecular formula is C16H21NO4S. The maximum Gasteiger partial charge on any atom is 0.313 e. The van der Waals surface area contributed by atoms with Crippen molar-refractivity contribution in [2.45, 2.75) is 25.7 Å². The SMILES string of the molecule is COCC1(C(=O)O)CCN(C(=O)C2CC2c2sccc2C)C1. The van der Waals surface area contributed by atoms with Gasteiger partial charge in [-0.15, -0.1) is 11.3 Å². The van der Waals surface area contributed by atoms with E-state index >= 15 is 0 Å². The largest absolute Gasteiger partial charge is 0.481 e. The van der Waals surface area contributed by atoms with Crippen LogP contribution in [0.4, 0.5) is 0 Å². The standard InChI is InChI=1S/C16H21NO4S/c1-10-3-6-22-13(10)11-7-12(11)14(18)17-5-4-16(8-17,9-21-2)15(19)20/h3,6,11-12H,4-5,7-9H2,1-2H3,(H,19,20). The lowest BCUT2D eigenvalue weighted by Crippen LogP contribution is -2.40. The molecule has 0 spiro atoms. The highest BCUT2D eigenvalue weighted by molar-refractivity contribution is 7.10. The predicted octanol–water partition coefficient (Wildman–Crippen LogP) is 2.11. The lowest BCUT2D eigenvalue weighted by molar-refractivity contribution is -0.151. The fourth-order valence-corrected chi connectivity index (χ4v) is 4.56. The monoisotopic (exact) mass is 323 g/mol. The number of rotatable bonds is 5. The summed E-state index contributed by atoms with van der Waals surface area (Å²) >= 11 is 1.71. The zero-order chi connectivity index (χ0) is 15.9. The van der Waals surface area contributed by atoms with Crippen LogP contribution in [0.25, 0.3) is 0 Å². The first-order chi connectivity index (χ1) is 10.5. The number of carboxylic acids is 1. The Kier molecular flexibility index (Phi) is 3.99. The fraction of sp³-hybridized carbons (Fsp3) is 0.625. The maximum atomic E-state index is 12.6. The molecule has 1 amide bonds. The van der Waals surface area contributed by atoms with Crippen LogP contribution in [0.3, 0.4) is 0 Å². The van der Waals surface area contributed by atoms with Crippen molar-refractivity contribution >= 4 is 23.2 Å². The van der Waals surface area contributed by atoms with Crippen LogP contribution in [0.15, 0.2) is 11.4 Å². The van der Waals surface area contributed by atoms with Gasteiger partial charge in [0.1, 0.15) is 5.41 Å². The Bertz CT molecular complexity index is 599. The van der Waals surface area contributed by atoms with E-state index in [1.54, 1.807) is 16.2 Å². The topological polar surface area (TPSA) is 66.8 Å². The number of carbonyl (C=O) groups is 2. The Morgan fingerprint density at radius 3 is 2.91 bits per heavy atom. The molecule has 120 valence electrons. The molecule has 1 saturated heterocycles. The number of hydrogen-bond donors (Lipinski definition) is 1. The molecule has 1 aromatic heterocycles. The van der Waals surface area contributed by atoms with E-state index in [-0.39, 0.29) is 25.0 Å². The Balaban J connectivity index is 1.66. The third-order valence-corrected chi connectivity index (χ3v) is 6.04. The molecule has 5 nitrogen and oxygen atoms in total. The highest BCUT2D eigenvalue weighted by atomic mass is 32.1. The molecule has 2 aliphatic rings. The van der Waals surface area contributed by atoms with Gasteiger partial charge in [0.25, 0.3) is 0 Å². The summed E-state index contributed by atoms with van der Waals surface area (Å²) < 4.78 is 5.07. The molecule has 1 aliphatic heterocycles. The summed E-state index contributed by atoms with van der Waals surface area (Å²) in [6, 6.07) is 2.09. The average molecular weight is 323 g/mol. The first-order valence-corrected chi connectivity index (χ1v) is 8.41. The average Bonchev–Trinajstić information content (AvgIpc) is 2.94. The van der Waals surface area contributed by atoms with Crippen LogP contribution in [-0.2, 0) is 14.3 Å². The maximum absolute atomic E-state index is 12.6. The Labute approximate surface area is 133 Å². The first-order valence-electron chi connectivity index (χ1n) is 7.53. The van der Waals surface area contributed by atoms with Gasteiger partial charge in [-0.25, -0.2) is 0 Å². The van der Waals surface area contributed by atoms with Crippen molar-refractivity contribution in [1.82, 2.24) is 4.90 Å². The van der Waals surface area contributed by atoms with Crippen molar-refractivity contribution in [3.05, 3.63) is 21.9 Å². The van der Waals surface area contributed by atoms with E-state index < -0.39 is 11.4 Å². The zero-order valence-corrected chi connectivity index (χ0v) is 13.7. The number of ether oxygens (including phenoxy) is 1. The van der Waals surface area contributed by atoms with Gasteiger partial charge in [-0.3, -0.25) is 9.59 Å². The van der Waals surface area contributed by atoms with E-state index in [1.807, 2.05) is 0 Å². The van der Waals surface area contributed by atoms with Gasteiger partial charge in [0.05, 0.1) is 6.61 Å². The minimum Gasteiger partial charge on any atom is -0.481 e. The summed E-state index contributed by atoms with van der Waals surface area (Å²) in [5.41, 5.74) is 0.319. The number of aryl methyl sites for hydroxylation is 1. The minimum atomic E-state index is -0.937. The molecule has 0 aromatic carbocycles. The highest BCUT2D eigenvalue weighted by Crippen LogP contribution is 2.51. The number of aliphatic carboxylic acids is 1. The molecule has 1 N–H and O–H groups in total. The minimum absolute atomic E-state index is 0.0319. The predicted molar refractivity (Wildman–Crippen MR) is 83.0 cm³/mol. The molecule has 1 aromatic rings. The molecule has 0 bridgehead atoms. The third kappa shape index (κ3) is 2.54. The van der Waals surface area contributed by atoms with Crippen molar-refractivity contribution in [3.8, 4) is 0 Å². The van der Waals surface area contributed by atoms with Crippen LogP contribution in [0.2, 0.25) is 0 Å². The first kappa shape index (κ1) is 15.5. The van der Waals surface area contributed by atoms with E-state index in [4.69, 9.17) is 4.74 Å². The summed E-state index contributed by atoms with van der Waals surface area (Å²) in [4.78, 5) is 27.2. The second kappa shape index (κ2) is 5.66. The van der Waals surface area contributed by atoms with Gasteiger partial charge >= 0.3 is 5.97 Å². The number of nitrogens with zero attached hydrogens (tertiary/aromatic N) is 1. The van der Waals surface area contributed by atoms with Gasteiger partial charge < -0.3 is 14.7 Å². The lowest BCUT2D eigenvalue weighted by Gasteiger charge is -2.23. The van der Waals surface area contributed by atoms with E-state index in [0.717, 1.165) is 6.42 Å². The fourth-order valence-electron chi connectivity index (χ4n) is 3.45. The second-order valence-electron chi connectivity index (χ2n) is 6.44. The van der Waals surface area contributed by atoms with Gasteiger partial charge in [-0.05, 0) is 36.8 Å². The van der Waals surface area contributed by atoms with Crippen LogP contribution >= 0.6 is 11.3 Å².